The van der Waals surface area contributed by atoms with Crippen molar-refractivity contribution in [3.8, 4) is 0 Å². The first kappa shape index (κ1) is 11.3. The fraction of sp³-hybridized carbons (Fsp3) is 0.133. The lowest BCUT2D eigenvalue weighted by molar-refractivity contribution is 0.565. The summed E-state index contributed by atoms with van der Waals surface area (Å²) >= 11 is 0. The van der Waals surface area contributed by atoms with Gasteiger partial charge in [0.05, 0.1) is 5.69 Å². The molecular formula is C15H12NO. The summed E-state index contributed by atoms with van der Waals surface area (Å²) in [4.78, 5) is 13.6. The molecule has 0 unspecified atom stereocenters. The van der Waals surface area contributed by atoms with Crippen molar-refractivity contribution in [3.63, 3.8) is 0 Å². The Kier molecular flexibility index (Phi) is 3.85. The van der Waals surface area contributed by atoms with E-state index >= 15 is 0 Å². The molecule has 2 heteroatoms. The van der Waals surface area contributed by atoms with Crippen LogP contribution in [0.25, 0.3) is 0 Å². The fourth-order valence-electron chi connectivity index (χ4n) is 1.66. The summed E-state index contributed by atoms with van der Waals surface area (Å²) in [7, 11) is 0. The van der Waals surface area contributed by atoms with E-state index in [1.807, 2.05) is 42.5 Å². The molecule has 0 spiro atoms. The summed E-state index contributed by atoms with van der Waals surface area (Å²) in [5, 5.41) is 0. The van der Waals surface area contributed by atoms with Gasteiger partial charge in [0.15, 0.2) is 0 Å². The van der Waals surface area contributed by atoms with E-state index in [0.29, 0.717) is 5.69 Å². The van der Waals surface area contributed by atoms with E-state index in [0.717, 1.165) is 12.8 Å². The van der Waals surface area contributed by atoms with E-state index in [4.69, 9.17) is 0 Å². The van der Waals surface area contributed by atoms with Gasteiger partial charge in [0.1, 0.15) is 0 Å². The maximum absolute atomic E-state index is 10.1. The molecule has 0 aliphatic rings. The topological polar surface area (TPSA) is 29.4 Å². The average Bonchev–Trinajstić information content (AvgIpc) is 2.40. The maximum atomic E-state index is 10.1. The average molecular weight is 222 g/mol. The SMILES string of the molecule is O=C=Nc1ccc(CCc2c[c]ccc2)cc1. The zero-order valence-electron chi connectivity index (χ0n) is 9.39. The number of carbonyl (C=O) groups excluding carboxylic acids is 1. The van der Waals surface area contributed by atoms with Gasteiger partial charge < -0.3 is 0 Å². The third-order valence-electron chi connectivity index (χ3n) is 2.58. The summed E-state index contributed by atoms with van der Waals surface area (Å²) in [5.41, 5.74) is 3.16. The van der Waals surface area contributed by atoms with E-state index < -0.39 is 0 Å². The number of benzene rings is 2. The van der Waals surface area contributed by atoms with Gasteiger partial charge in [0.25, 0.3) is 0 Å². The molecule has 2 aromatic rings. The summed E-state index contributed by atoms with van der Waals surface area (Å²) in [6.07, 6.45) is 3.50. The second kappa shape index (κ2) is 5.78. The largest absolute Gasteiger partial charge is 0.240 e. The van der Waals surface area contributed by atoms with E-state index in [9.17, 15) is 4.79 Å². The molecule has 0 aliphatic carbocycles. The van der Waals surface area contributed by atoms with E-state index in [1.54, 1.807) is 0 Å². The monoisotopic (exact) mass is 222 g/mol. The molecule has 17 heavy (non-hydrogen) atoms. The first-order chi connectivity index (χ1) is 8.38. The Morgan fingerprint density at radius 3 is 2.47 bits per heavy atom. The molecule has 0 amide bonds. The maximum Gasteiger partial charge on any atom is 0.240 e. The minimum absolute atomic E-state index is 0.650. The Morgan fingerprint density at radius 2 is 1.82 bits per heavy atom. The fourth-order valence-corrected chi connectivity index (χ4v) is 1.66. The molecule has 0 fully saturated rings. The first-order valence-electron chi connectivity index (χ1n) is 5.50. The van der Waals surface area contributed by atoms with Crippen LogP contribution in [0.15, 0.2) is 53.5 Å². The Balaban J connectivity index is 1.98. The second-order valence-corrected chi connectivity index (χ2v) is 3.78. The normalized spacial score (nSPS) is 9.65. The molecule has 0 saturated heterocycles. The van der Waals surface area contributed by atoms with Gasteiger partial charge in [-0.3, -0.25) is 0 Å². The molecule has 0 aromatic heterocycles. The highest BCUT2D eigenvalue weighted by Crippen LogP contribution is 2.13. The van der Waals surface area contributed by atoms with Crippen LogP contribution in [0.2, 0.25) is 0 Å². The van der Waals surface area contributed by atoms with Crippen molar-refractivity contribution in [1.82, 2.24) is 0 Å². The molecule has 2 aromatic carbocycles. The molecule has 0 saturated carbocycles. The Labute approximate surface area is 101 Å². The van der Waals surface area contributed by atoms with E-state index in [1.165, 1.54) is 17.2 Å². The smallest absolute Gasteiger partial charge is 0.211 e. The van der Waals surface area contributed by atoms with Gasteiger partial charge in [0, 0.05) is 0 Å². The Hall–Kier alpha value is -2.18. The number of hydrogen-bond donors (Lipinski definition) is 0. The number of hydrogen-bond acceptors (Lipinski definition) is 2. The van der Waals surface area contributed by atoms with Crippen LogP contribution >= 0.6 is 0 Å². The molecule has 2 rings (SSSR count). The van der Waals surface area contributed by atoms with Crippen LogP contribution in [0.4, 0.5) is 5.69 Å². The first-order valence-corrected chi connectivity index (χ1v) is 5.50. The van der Waals surface area contributed by atoms with E-state index in [2.05, 4.69) is 17.1 Å². The van der Waals surface area contributed by atoms with E-state index in [-0.39, 0.29) is 0 Å². The van der Waals surface area contributed by atoms with Crippen LogP contribution in [0, 0.1) is 6.07 Å². The van der Waals surface area contributed by atoms with Gasteiger partial charge in [0.2, 0.25) is 6.08 Å². The van der Waals surface area contributed by atoms with Crippen molar-refractivity contribution in [2.24, 2.45) is 4.99 Å². The predicted molar refractivity (Wildman–Crippen MR) is 66.9 cm³/mol. The minimum atomic E-state index is 0.650. The standard InChI is InChI=1S/C15H12NO/c17-12-16-15-10-8-14(9-11-15)7-6-13-4-2-1-3-5-13/h1-2,4-5,8-11H,6-7H2. The zero-order valence-corrected chi connectivity index (χ0v) is 9.39. The molecule has 0 atom stereocenters. The minimum Gasteiger partial charge on any atom is -0.211 e. The summed E-state index contributed by atoms with van der Waals surface area (Å²) < 4.78 is 0. The van der Waals surface area contributed by atoms with Crippen molar-refractivity contribution in [1.29, 1.82) is 0 Å². The van der Waals surface area contributed by atoms with Crippen LogP contribution in [-0.4, -0.2) is 6.08 Å². The number of aliphatic imine (C=N–C) groups is 1. The van der Waals surface area contributed by atoms with Gasteiger partial charge in [-0.1, -0.05) is 36.4 Å². The van der Waals surface area contributed by atoms with Crippen molar-refractivity contribution in [3.05, 3.63) is 65.7 Å². The third kappa shape index (κ3) is 3.40. The number of rotatable bonds is 4. The molecule has 0 heterocycles. The van der Waals surface area contributed by atoms with Gasteiger partial charge in [-0.05, 0) is 42.2 Å². The highest BCUT2D eigenvalue weighted by atomic mass is 16.1. The van der Waals surface area contributed by atoms with Crippen LogP contribution in [-0.2, 0) is 17.6 Å². The van der Waals surface area contributed by atoms with Crippen molar-refractivity contribution in [2.75, 3.05) is 0 Å². The van der Waals surface area contributed by atoms with Crippen LogP contribution in [0.5, 0.6) is 0 Å². The van der Waals surface area contributed by atoms with Crippen LogP contribution < -0.4 is 0 Å². The number of aryl methyl sites for hydroxylation is 2. The van der Waals surface area contributed by atoms with Crippen molar-refractivity contribution < 1.29 is 4.79 Å². The third-order valence-corrected chi connectivity index (χ3v) is 2.58. The number of nitrogens with zero attached hydrogens (tertiary/aromatic N) is 1. The molecule has 0 aliphatic heterocycles. The van der Waals surface area contributed by atoms with Crippen molar-refractivity contribution >= 4 is 11.8 Å². The van der Waals surface area contributed by atoms with Crippen molar-refractivity contribution in [2.45, 2.75) is 12.8 Å². The second-order valence-electron chi connectivity index (χ2n) is 3.78. The lowest BCUT2D eigenvalue weighted by atomic mass is 10.0. The highest BCUT2D eigenvalue weighted by Gasteiger charge is 1.96. The number of isocyanates is 1. The zero-order chi connectivity index (χ0) is 11.9. The summed E-state index contributed by atoms with van der Waals surface area (Å²) in [6.45, 7) is 0. The van der Waals surface area contributed by atoms with Crippen LogP contribution in [0.3, 0.4) is 0 Å². The van der Waals surface area contributed by atoms with Gasteiger partial charge in [-0.2, -0.15) is 4.99 Å². The lowest BCUT2D eigenvalue weighted by Crippen LogP contribution is -1.90. The molecule has 2 nitrogen and oxygen atoms in total. The lowest BCUT2D eigenvalue weighted by Gasteiger charge is -2.02. The summed E-state index contributed by atoms with van der Waals surface area (Å²) in [5.74, 6) is 0. The highest BCUT2D eigenvalue weighted by molar-refractivity contribution is 5.49. The Morgan fingerprint density at radius 1 is 1.06 bits per heavy atom. The van der Waals surface area contributed by atoms with Crippen LogP contribution in [0.1, 0.15) is 11.1 Å². The molecule has 83 valence electrons. The molecule has 0 N–H and O–H groups in total. The summed E-state index contributed by atoms with van der Waals surface area (Å²) in [6, 6.07) is 18.7. The predicted octanol–water partition coefficient (Wildman–Crippen LogP) is 3.24. The molecule has 0 bridgehead atoms. The van der Waals surface area contributed by atoms with Gasteiger partial charge in [-0.25, -0.2) is 4.79 Å². The quantitative estimate of drug-likeness (QED) is 0.576. The van der Waals surface area contributed by atoms with Gasteiger partial charge >= 0.3 is 0 Å². The Bertz CT molecular complexity index is 510. The molecule has 1 radical (unpaired) electrons. The molecular weight excluding hydrogens is 210 g/mol. The van der Waals surface area contributed by atoms with Gasteiger partial charge in [-0.15, -0.1) is 0 Å².